The Morgan fingerprint density at radius 3 is 2.78 bits per heavy atom. The summed E-state index contributed by atoms with van der Waals surface area (Å²) in [5.74, 6) is 0.426. The van der Waals surface area contributed by atoms with Crippen LogP contribution in [0.25, 0.3) is 10.2 Å². The summed E-state index contributed by atoms with van der Waals surface area (Å²) in [6.45, 7) is -0.165. The van der Waals surface area contributed by atoms with Crippen LogP contribution < -0.4 is 4.90 Å². The highest BCUT2D eigenvalue weighted by atomic mass is 35.5. The number of hydrogen-bond acceptors (Lipinski definition) is 4. The van der Waals surface area contributed by atoms with Crippen molar-refractivity contribution in [2.45, 2.75) is 12.6 Å². The number of alkyl halides is 3. The van der Waals surface area contributed by atoms with Crippen molar-refractivity contribution in [3.63, 3.8) is 0 Å². The molecule has 0 aliphatic carbocycles. The van der Waals surface area contributed by atoms with Gasteiger partial charge in [0.2, 0.25) is 5.28 Å². The molecule has 2 aromatic heterocycles. The van der Waals surface area contributed by atoms with E-state index in [0.29, 0.717) is 16.0 Å². The molecule has 0 amide bonds. The lowest BCUT2D eigenvalue weighted by atomic mass is 10.3. The van der Waals surface area contributed by atoms with E-state index in [4.69, 9.17) is 11.6 Å². The van der Waals surface area contributed by atoms with Gasteiger partial charge in [-0.2, -0.15) is 18.2 Å². The molecule has 2 rings (SSSR count). The average Bonchev–Trinajstić information content (AvgIpc) is 2.71. The normalized spacial score (nSPS) is 12.1. The number of hydrogen-bond donors (Lipinski definition) is 0. The van der Waals surface area contributed by atoms with E-state index in [1.807, 2.05) is 0 Å². The molecule has 8 heteroatoms. The van der Waals surface area contributed by atoms with E-state index in [-0.39, 0.29) is 11.8 Å². The van der Waals surface area contributed by atoms with E-state index in [9.17, 15) is 13.2 Å². The Morgan fingerprint density at radius 2 is 2.11 bits per heavy atom. The summed E-state index contributed by atoms with van der Waals surface area (Å²) in [6, 6.07) is 1.77. The van der Waals surface area contributed by atoms with Crippen molar-refractivity contribution in [1.29, 1.82) is 0 Å². The first kappa shape index (κ1) is 13.4. The molecular weight excluding hydrogens is 287 g/mol. The molecule has 0 spiro atoms. The quantitative estimate of drug-likeness (QED) is 0.808. The highest BCUT2D eigenvalue weighted by Gasteiger charge is 2.27. The molecule has 0 N–H and O–H groups in total. The maximum absolute atomic E-state index is 12.2. The van der Waals surface area contributed by atoms with Gasteiger partial charge >= 0.3 is 6.18 Å². The van der Waals surface area contributed by atoms with Gasteiger partial charge in [0.1, 0.15) is 10.6 Å². The molecule has 2 aromatic rings. The van der Waals surface area contributed by atoms with E-state index < -0.39 is 12.6 Å². The Hall–Kier alpha value is -1.08. The van der Waals surface area contributed by atoms with Crippen molar-refractivity contribution >= 4 is 39.0 Å². The van der Waals surface area contributed by atoms with Crippen LogP contribution in [0, 0.1) is 0 Å². The van der Waals surface area contributed by atoms with Crippen molar-refractivity contribution < 1.29 is 13.2 Å². The number of anilines is 1. The van der Waals surface area contributed by atoms with Gasteiger partial charge in [-0.25, -0.2) is 4.98 Å². The Balaban J connectivity index is 2.26. The molecule has 3 nitrogen and oxygen atoms in total. The molecule has 0 aliphatic rings. The monoisotopic (exact) mass is 295 g/mol. The fourth-order valence-corrected chi connectivity index (χ4v) is 2.48. The van der Waals surface area contributed by atoms with Crippen LogP contribution in [0.2, 0.25) is 5.28 Å². The maximum atomic E-state index is 12.2. The molecule has 0 saturated carbocycles. The van der Waals surface area contributed by atoms with Crippen LogP contribution in [0.15, 0.2) is 11.4 Å². The van der Waals surface area contributed by atoms with Crippen LogP contribution >= 0.6 is 22.9 Å². The average molecular weight is 296 g/mol. The predicted molar refractivity (Wildman–Crippen MR) is 66.4 cm³/mol. The summed E-state index contributed by atoms with van der Waals surface area (Å²) in [5.41, 5.74) is 0. The van der Waals surface area contributed by atoms with Gasteiger partial charge < -0.3 is 4.90 Å². The molecule has 0 unspecified atom stereocenters. The third-order valence-corrected chi connectivity index (χ3v) is 3.35. The zero-order valence-electron chi connectivity index (χ0n) is 9.33. The molecule has 0 radical (unpaired) electrons. The number of rotatable bonds is 3. The van der Waals surface area contributed by atoms with Crippen molar-refractivity contribution in [1.82, 2.24) is 9.97 Å². The third-order valence-electron chi connectivity index (χ3n) is 2.37. The third kappa shape index (κ3) is 3.02. The lowest BCUT2D eigenvalue weighted by molar-refractivity contribution is -0.132. The lowest BCUT2D eigenvalue weighted by Gasteiger charge is -2.19. The molecule has 98 valence electrons. The molecule has 0 aromatic carbocycles. The Labute approximate surface area is 110 Å². The number of nitrogens with zero attached hydrogens (tertiary/aromatic N) is 3. The smallest absolute Gasteiger partial charge is 0.359 e. The van der Waals surface area contributed by atoms with E-state index in [1.165, 1.54) is 16.2 Å². The van der Waals surface area contributed by atoms with Crippen LogP contribution in [0.1, 0.15) is 6.42 Å². The fourth-order valence-electron chi connectivity index (χ4n) is 1.51. The standard InChI is InChI=1S/C10H9ClF3N3S/c1-17(4-3-10(12,13)14)7-6-2-5-18-8(6)16-9(11)15-7/h2,5H,3-4H2,1H3. The number of thiophene rings is 1. The van der Waals surface area contributed by atoms with E-state index >= 15 is 0 Å². The van der Waals surface area contributed by atoms with Crippen LogP contribution in [0.4, 0.5) is 19.0 Å². The van der Waals surface area contributed by atoms with Crippen LogP contribution in [0.5, 0.6) is 0 Å². The number of aromatic nitrogens is 2. The highest BCUT2D eigenvalue weighted by molar-refractivity contribution is 7.16. The Morgan fingerprint density at radius 1 is 1.39 bits per heavy atom. The minimum atomic E-state index is -4.18. The topological polar surface area (TPSA) is 29.0 Å². The molecular formula is C10H9ClF3N3S. The van der Waals surface area contributed by atoms with Crippen LogP contribution in [0.3, 0.4) is 0 Å². The predicted octanol–water partition coefficient (Wildman–Crippen LogP) is 3.73. The van der Waals surface area contributed by atoms with Gasteiger partial charge in [0, 0.05) is 13.6 Å². The van der Waals surface area contributed by atoms with Gasteiger partial charge in [-0.15, -0.1) is 11.3 Å². The van der Waals surface area contributed by atoms with Gasteiger partial charge in [0.25, 0.3) is 0 Å². The summed E-state index contributed by atoms with van der Waals surface area (Å²) in [7, 11) is 1.56. The Bertz CT molecular complexity index is 555. The second kappa shape index (κ2) is 4.89. The van der Waals surface area contributed by atoms with Gasteiger partial charge in [-0.3, -0.25) is 0 Å². The summed E-state index contributed by atoms with van der Waals surface area (Å²) >= 11 is 7.12. The van der Waals surface area contributed by atoms with Crippen molar-refractivity contribution in [3.05, 3.63) is 16.7 Å². The van der Waals surface area contributed by atoms with Gasteiger partial charge in [-0.1, -0.05) is 0 Å². The van der Waals surface area contributed by atoms with Crippen molar-refractivity contribution in [3.8, 4) is 0 Å². The molecule has 18 heavy (non-hydrogen) atoms. The second-order valence-electron chi connectivity index (χ2n) is 3.74. The van der Waals surface area contributed by atoms with Crippen molar-refractivity contribution in [2.75, 3.05) is 18.5 Å². The molecule has 0 saturated heterocycles. The number of halogens is 4. The first-order chi connectivity index (χ1) is 8.37. The van der Waals surface area contributed by atoms with Gasteiger partial charge in [0.15, 0.2) is 0 Å². The SMILES string of the molecule is CN(CCC(F)(F)F)c1nc(Cl)nc2sccc12. The summed E-state index contributed by atoms with van der Waals surface area (Å²) in [6.07, 6.45) is -5.07. The minimum Gasteiger partial charge on any atom is -0.359 e. The summed E-state index contributed by atoms with van der Waals surface area (Å²) in [4.78, 5) is 10.1. The lowest BCUT2D eigenvalue weighted by Crippen LogP contribution is -2.25. The summed E-state index contributed by atoms with van der Waals surface area (Å²) < 4.78 is 36.5. The van der Waals surface area contributed by atoms with Gasteiger partial charge in [-0.05, 0) is 23.0 Å². The summed E-state index contributed by atoms with van der Waals surface area (Å²) in [5, 5.41) is 2.56. The first-order valence-corrected chi connectivity index (χ1v) is 6.31. The zero-order chi connectivity index (χ0) is 13.3. The van der Waals surface area contributed by atoms with E-state index in [0.717, 1.165) is 0 Å². The van der Waals surface area contributed by atoms with Gasteiger partial charge in [0.05, 0.1) is 11.8 Å². The molecule has 0 atom stereocenters. The van der Waals surface area contributed by atoms with E-state index in [1.54, 1.807) is 18.5 Å². The number of fused-ring (bicyclic) bond motifs is 1. The van der Waals surface area contributed by atoms with Crippen molar-refractivity contribution in [2.24, 2.45) is 0 Å². The Kier molecular flexibility index (Phi) is 3.63. The largest absolute Gasteiger partial charge is 0.390 e. The minimum absolute atomic E-state index is 0.0406. The molecule has 2 heterocycles. The second-order valence-corrected chi connectivity index (χ2v) is 4.98. The van der Waals surface area contributed by atoms with E-state index in [2.05, 4.69) is 9.97 Å². The zero-order valence-corrected chi connectivity index (χ0v) is 10.9. The maximum Gasteiger partial charge on any atom is 0.390 e. The molecule has 0 aliphatic heterocycles. The molecule has 0 fully saturated rings. The fraction of sp³-hybridized carbons (Fsp3) is 0.400. The molecule has 0 bridgehead atoms. The van der Waals surface area contributed by atoms with Crippen LogP contribution in [-0.2, 0) is 0 Å². The van der Waals surface area contributed by atoms with Crippen LogP contribution in [-0.4, -0.2) is 29.7 Å². The highest BCUT2D eigenvalue weighted by Crippen LogP contribution is 2.29. The first-order valence-electron chi connectivity index (χ1n) is 5.05.